The second kappa shape index (κ2) is 14.5. The van der Waals surface area contributed by atoms with Crippen molar-refractivity contribution in [2.75, 3.05) is 19.6 Å². The summed E-state index contributed by atoms with van der Waals surface area (Å²) in [6.07, 6.45) is 3.36. The van der Waals surface area contributed by atoms with Crippen molar-refractivity contribution in [2.45, 2.75) is 69.0 Å². The zero-order chi connectivity index (χ0) is 30.1. The molecule has 0 aromatic heterocycles. The zero-order valence-corrected chi connectivity index (χ0v) is 24.7. The lowest BCUT2D eigenvalue weighted by Gasteiger charge is -2.34. The Morgan fingerprint density at radius 1 is 0.929 bits per heavy atom. The molecule has 12 heteroatoms. The first-order valence-electron chi connectivity index (χ1n) is 14.5. The molecule has 2 aromatic carbocycles. The van der Waals surface area contributed by atoms with Crippen molar-refractivity contribution >= 4 is 31.0 Å². The lowest BCUT2D eigenvalue weighted by molar-refractivity contribution is -0.152. The minimum absolute atomic E-state index is 0.173. The summed E-state index contributed by atoms with van der Waals surface area (Å²) in [6, 6.07) is 16.5. The predicted octanol–water partition coefficient (Wildman–Crippen LogP) is 2.95. The highest BCUT2D eigenvalue weighted by Crippen LogP contribution is 2.49. The van der Waals surface area contributed by atoms with Crippen LogP contribution in [-0.4, -0.2) is 76.4 Å². The smallest absolute Gasteiger partial charge is 0.326 e. The van der Waals surface area contributed by atoms with E-state index in [1.807, 2.05) is 60.7 Å². The van der Waals surface area contributed by atoms with Crippen LogP contribution in [0.5, 0.6) is 0 Å². The summed E-state index contributed by atoms with van der Waals surface area (Å²) in [5.74, 6) is -1.86. The Balaban J connectivity index is 1.59. The minimum atomic E-state index is -3.23. The van der Waals surface area contributed by atoms with E-state index in [-0.39, 0.29) is 30.1 Å². The maximum absolute atomic E-state index is 14.7. The average Bonchev–Trinajstić information content (AvgIpc) is 3.66. The van der Waals surface area contributed by atoms with Gasteiger partial charge >= 0.3 is 5.97 Å². The van der Waals surface area contributed by atoms with Crippen LogP contribution in [0.25, 0.3) is 0 Å². The third-order valence-electron chi connectivity index (χ3n) is 7.88. The van der Waals surface area contributed by atoms with Crippen LogP contribution in [0.15, 0.2) is 60.7 Å². The number of nitrogens with one attached hydrogen (secondary N) is 3. The third-order valence-corrected chi connectivity index (χ3v) is 10.4. The molecule has 2 saturated heterocycles. The molecule has 11 nitrogen and oxygen atoms in total. The summed E-state index contributed by atoms with van der Waals surface area (Å²) in [6.45, 7) is 1.08. The van der Waals surface area contributed by atoms with E-state index in [1.54, 1.807) is 4.90 Å². The molecule has 3 atom stereocenters. The number of benzene rings is 2. The Bertz CT molecular complexity index is 1250. The van der Waals surface area contributed by atoms with E-state index < -0.39 is 31.4 Å². The van der Waals surface area contributed by atoms with Gasteiger partial charge in [0.25, 0.3) is 0 Å². The summed E-state index contributed by atoms with van der Waals surface area (Å²) in [5.41, 5.74) is 7.21. The van der Waals surface area contributed by atoms with Gasteiger partial charge in [-0.2, -0.15) is 0 Å². The van der Waals surface area contributed by atoms with Crippen molar-refractivity contribution in [2.24, 2.45) is 5.73 Å². The first-order chi connectivity index (χ1) is 20.2. The topological polar surface area (TPSA) is 169 Å². The Morgan fingerprint density at radius 2 is 1.48 bits per heavy atom. The summed E-state index contributed by atoms with van der Waals surface area (Å²) in [4.78, 5) is 42.4. The van der Waals surface area contributed by atoms with E-state index in [0.717, 1.165) is 11.1 Å². The molecule has 0 radical (unpaired) electrons. The minimum Gasteiger partial charge on any atom is -0.480 e. The highest BCUT2D eigenvalue weighted by atomic mass is 31.2. The van der Waals surface area contributed by atoms with Gasteiger partial charge in [0, 0.05) is 32.0 Å². The molecule has 2 amide bonds. The zero-order valence-electron chi connectivity index (χ0n) is 23.8. The quantitative estimate of drug-likeness (QED) is 0.102. The second-order valence-electron chi connectivity index (χ2n) is 11.1. The van der Waals surface area contributed by atoms with Gasteiger partial charge in [0.05, 0.1) is 6.04 Å². The molecule has 0 spiro atoms. The predicted molar refractivity (Wildman–Crippen MR) is 161 cm³/mol. The molecule has 2 aromatic rings. The lowest BCUT2D eigenvalue weighted by atomic mass is 10.1. The number of likely N-dealkylation sites (tertiary alicyclic amines) is 2. The van der Waals surface area contributed by atoms with Gasteiger partial charge in [-0.1, -0.05) is 60.7 Å². The largest absolute Gasteiger partial charge is 0.480 e. The number of aliphatic carboxylic acids is 1. The van der Waals surface area contributed by atoms with Crippen LogP contribution in [-0.2, 0) is 31.3 Å². The van der Waals surface area contributed by atoms with Gasteiger partial charge in [-0.25, -0.2) is 4.79 Å². The van der Waals surface area contributed by atoms with Gasteiger partial charge in [-0.3, -0.25) is 20.1 Å². The van der Waals surface area contributed by atoms with Crippen LogP contribution in [0.4, 0.5) is 0 Å². The van der Waals surface area contributed by atoms with Gasteiger partial charge in [-0.15, -0.1) is 0 Å². The molecule has 0 unspecified atom stereocenters. The van der Waals surface area contributed by atoms with Gasteiger partial charge < -0.3 is 30.5 Å². The number of rotatable bonds is 13. The Labute approximate surface area is 246 Å². The van der Waals surface area contributed by atoms with Crippen LogP contribution in [0.2, 0.25) is 0 Å². The van der Waals surface area contributed by atoms with Gasteiger partial charge in [0.1, 0.15) is 12.1 Å². The second-order valence-corrected chi connectivity index (χ2v) is 13.7. The summed E-state index contributed by atoms with van der Waals surface area (Å²) >= 11 is 0. The molecule has 2 aliphatic heterocycles. The normalized spacial score (nSPS) is 19.4. The molecule has 0 aliphatic carbocycles. The number of amides is 2. The number of carboxylic acids is 1. The number of hydrogen-bond acceptors (Lipinski definition) is 5. The Hall–Kier alpha value is -3.69. The van der Waals surface area contributed by atoms with Gasteiger partial charge in [0.15, 0.2) is 13.3 Å². The molecule has 6 N–H and O–H groups in total. The summed E-state index contributed by atoms with van der Waals surface area (Å²) in [5, 5.41) is 23.1. The van der Waals surface area contributed by atoms with Crippen molar-refractivity contribution in [1.82, 2.24) is 20.2 Å². The van der Waals surface area contributed by atoms with Gasteiger partial charge in [-0.05, 0) is 49.7 Å². The maximum Gasteiger partial charge on any atom is 0.326 e. The SMILES string of the molecule is N=C(N)NCCC[C@H](NP(=O)(Cc1ccccc1)Cc1ccccc1)C(=O)N1CCC[C@H]1C(=O)N1CCC[C@H]1C(=O)O. The molecule has 4 rings (SSSR count). The molecular formula is C30H41N6O5P. The van der Waals surface area contributed by atoms with E-state index >= 15 is 0 Å². The first kappa shape index (κ1) is 31.3. The molecule has 42 heavy (non-hydrogen) atoms. The first-order valence-corrected chi connectivity index (χ1v) is 16.6. The van der Waals surface area contributed by atoms with Crippen LogP contribution < -0.4 is 16.1 Å². The van der Waals surface area contributed by atoms with Crippen molar-refractivity contribution < 1.29 is 24.1 Å². The molecule has 226 valence electrons. The maximum atomic E-state index is 14.7. The fraction of sp³-hybridized carbons (Fsp3) is 0.467. The molecule has 2 heterocycles. The number of hydrogen-bond donors (Lipinski definition) is 5. The monoisotopic (exact) mass is 596 g/mol. The number of carbonyl (C=O) groups is 3. The van der Waals surface area contributed by atoms with Crippen LogP contribution in [0.3, 0.4) is 0 Å². The number of carbonyl (C=O) groups excluding carboxylic acids is 2. The molecule has 0 bridgehead atoms. The lowest BCUT2D eigenvalue weighted by Crippen LogP contribution is -2.54. The average molecular weight is 597 g/mol. The van der Waals surface area contributed by atoms with E-state index in [9.17, 15) is 24.1 Å². The van der Waals surface area contributed by atoms with Crippen molar-refractivity contribution in [3.8, 4) is 0 Å². The fourth-order valence-corrected chi connectivity index (χ4v) is 8.63. The highest BCUT2D eigenvalue weighted by Gasteiger charge is 2.44. The number of guanidine groups is 1. The van der Waals surface area contributed by atoms with Crippen LogP contribution >= 0.6 is 7.29 Å². The number of nitrogens with zero attached hydrogens (tertiary/aromatic N) is 2. The van der Waals surface area contributed by atoms with E-state index in [2.05, 4.69) is 10.4 Å². The van der Waals surface area contributed by atoms with Crippen LogP contribution in [0.1, 0.15) is 49.7 Å². The van der Waals surface area contributed by atoms with E-state index in [0.29, 0.717) is 58.2 Å². The van der Waals surface area contributed by atoms with E-state index in [4.69, 9.17) is 11.1 Å². The summed E-state index contributed by atoms with van der Waals surface area (Å²) < 4.78 is 14.7. The van der Waals surface area contributed by atoms with Crippen molar-refractivity contribution in [3.05, 3.63) is 71.8 Å². The number of nitrogens with two attached hydrogens (primary N) is 1. The Morgan fingerprint density at radius 3 is 2.02 bits per heavy atom. The van der Waals surface area contributed by atoms with Crippen LogP contribution in [0, 0.1) is 5.41 Å². The van der Waals surface area contributed by atoms with Crippen molar-refractivity contribution in [3.63, 3.8) is 0 Å². The summed E-state index contributed by atoms with van der Waals surface area (Å²) in [7, 11) is -3.23. The number of carboxylic acid groups (broad SMARTS) is 1. The molecule has 0 saturated carbocycles. The third kappa shape index (κ3) is 8.20. The van der Waals surface area contributed by atoms with Crippen molar-refractivity contribution in [1.29, 1.82) is 5.41 Å². The Kier molecular flexibility index (Phi) is 10.8. The fourth-order valence-electron chi connectivity index (χ4n) is 5.93. The highest BCUT2D eigenvalue weighted by molar-refractivity contribution is 7.60. The molecular weight excluding hydrogens is 555 g/mol. The molecule has 2 fully saturated rings. The molecule has 2 aliphatic rings. The standard InChI is InChI=1S/C30H41N6O5P/c31-30(32)33-17-7-14-24(27(37)35-18-8-15-25(35)28(38)36-19-9-16-26(36)29(39)40)34-42(41,20-22-10-3-1-4-11-22)21-23-12-5-2-6-13-23/h1-6,10-13,24-26H,7-9,14-21H2,(H,34,41)(H,39,40)(H4,31,32,33)/t24-,25-,26-/m0/s1. The van der Waals surface area contributed by atoms with Gasteiger partial charge in [0.2, 0.25) is 11.8 Å². The van der Waals surface area contributed by atoms with E-state index in [1.165, 1.54) is 4.90 Å².